The molecule has 0 saturated carbocycles. The Morgan fingerprint density at radius 3 is 2.43 bits per heavy atom. The molecule has 6 nitrogen and oxygen atoms in total. The summed E-state index contributed by atoms with van der Waals surface area (Å²) in [5, 5.41) is 2.98. The lowest BCUT2D eigenvalue weighted by Gasteiger charge is -2.15. The molecular weight excluding hydrogens is 416 g/mol. The Balaban J connectivity index is 1.69. The number of hydrogen-bond acceptors (Lipinski definition) is 6. The Bertz CT molecular complexity index is 1250. The van der Waals surface area contributed by atoms with E-state index in [4.69, 9.17) is 0 Å². The fourth-order valence-corrected chi connectivity index (χ4v) is 5.26. The van der Waals surface area contributed by atoms with Crippen molar-refractivity contribution in [2.75, 3.05) is 16.8 Å². The number of benzene rings is 2. The molecule has 1 fully saturated rings. The Morgan fingerprint density at radius 1 is 0.967 bits per heavy atom. The molecule has 0 aliphatic carbocycles. The second kappa shape index (κ2) is 7.23. The lowest BCUT2D eigenvalue weighted by atomic mass is 10.1. The first-order valence-electron chi connectivity index (χ1n) is 9.24. The van der Waals surface area contributed by atoms with Gasteiger partial charge in [0.05, 0.1) is 27.5 Å². The molecule has 3 aromatic rings. The van der Waals surface area contributed by atoms with E-state index in [-0.39, 0.29) is 11.8 Å². The van der Waals surface area contributed by atoms with Gasteiger partial charge in [0, 0.05) is 18.0 Å². The fraction of sp³-hybridized carbons (Fsp3) is 0.0909. The third-order valence-electron chi connectivity index (χ3n) is 4.87. The predicted molar refractivity (Wildman–Crippen MR) is 122 cm³/mol. The number of aryl methyl sites for hydroxylation is 1. The molecule has 2 aliphatic heterocycles. The van der Waals surface area contributed by atoms with Crippen LogP contribution >= 0.6 is 23.1 Å². The van der Waals surface area contributed by atoms with Gasteiger partial charge in [-0.25, -0.2) is 4.98 Å². The Kier molecular flexibility index (Phi) is 4.52. The van der Waals surface area contributed by atoms with E-state index in [1.54, 1.807) is 16.8 Å². The van der Waals surface area contributed by atoms with Gasteiger partial charge < -0.3 is 4.90 Å². The molecule has 0 atom stereocenters. The smallest absolute Gasteiger partial charge is 0.272 e. The summed E-state index contributed by atoms with van der Waals surface area (Å²) in [5.74, 6) is -0.446. The number of anilines is 2. The van der Waals surface area contributed by atoms with Gasteiger partial charge in [0.15, 0.2) is 5.17 Å². The van der Waals surface area contributed by atoms with Crippen molar-refractivity contribution in [1.82, 2.24) is 4.98 Å². The van der Waals surface area contributed by atoms with Crippen LogP contribution < -0.4 is 9.80 Å². The summed E-state index contributed by atoms with van der Waals surface area (Å²) in [6, 6.07) is 16.8. The molecule has 2 aliphatic rings. The number of para-hydroxylation sites is 2. The normalized spacial score (nSPS) is 19.9. The molecule has 0 radical (unpaired) electrons. The molecule has 0 bridgehead atoms. The lowest BCUT2D eigenvalue weighted by Crippen LogP contribution is -2.29. The highest BCUT2D eigenvalue weighted by Gasteiger charge is 2.42. The number of carbonyl (C=O) groups excluding carboxylic acids is 2. The molecule has 5 rings (SSSR count). The molecule has 30 heavy (non-hydrogen) atoms. The third-order valence-corrected chi connectivity index (χ3v) is 6.77. The van der Waals surface area contributed by atoms with Crippen LogP contribution in [0.3, 0.4) is 0 Å². The minimum Gasteiger partial charge on any atom is -0.311 e. The lowest BCUT2D eigenvalue weighted by molar-refractivity contribution is -0.115. The first-order chi connectivity index (χ1) is 14.5. The van der Waals surface area contributed by atoms with Crippen LogP contribution in [-0.4, -0.2) is 29.0 Å². The number of likely N-dealkylation sites (N-methyl/N-ethyl adjacent to an activating group) is 1. The number of nitrogens with zero attached hydrogens (tertiary/aromatic N) is 4. The van der Waals surface area contributed by atoms with Gasteiger partial charge >= 0.3 is 0 Å². The zero-order valence-corrected chi connectivity index (χ0v) is 17.8. The average Bonchev–Trinajstić information content (AvgIpc) is 3.38. The second-order valence-electron chi connectivity index (χ2n) is 6.83. The number of fused-ring (bicyclic) bond motifs is 1. The van der Waals surface area contributed by atoms with Gasteiger partial charge in [0.25, 0.3) is 11.8 Å². The van der Waals surface area contributed by atoms with E-state index in [9.17, 15) is 9.59 Å². The summed E-state index contributed by atoms with van der Waals surface area (Å²) in [7, 11) is 1.72. The maximum absolute atomic E-state index is 13.5. The van der Waals surface area contributed by atoms with Crippen LogP contribution in [0.25, 0.3) is 5.57 Å². The largest absolute Gasteiger partial charge is 0.311 e. The molecule has 0 unspecified atom stereocenters. The van der Waals surface area contributed by atoms with Crippen molar-refractivity contribution in [3.63, 3.8) is 0 Å². The highest BCUT2D eigenvalue weighted by molar-refractivity contribution is 8.19. The third kappa shape index (κ3) is 2.96. The van der Waals surface area contributed by atoms with E-state index in [1.165, 1.54) is 23.1 Å². The average molecular weight is 433 g/mol. The molecule has 1 saturated heterocycles. The number of carbonyl (C=O) groups is 2. The Hall–Kier alpha value is -3.23. The molecule has 2 aromatic carbocycles. The summed E-state index contributed by atoms with van der Waals surface area (Å²) in [4.78, 5) is 39.1. The van der Waals surface area contributed by atoms with Gasteiger partial charge in [-0.15, -0.1) is 11.3 Å². The number of rotatable bonds is 2. The Labute approximate surface area is 181 Å². The van der Waals surface area contributed by atoms with Crippen molar-refractivity contribution in [3.8, 4) is 0 Å². The minimum absolute atomic E-state index is 0.189. The van der Waals surface area contributed by atoms with E-state index >= 15 is 0 Å². The van der Waals surface area contributed by atoms with Crippen molar-refractivity contribution in [2.24, 2.45) is 4.99 Å². The number of thioether (sulfide) groups is 1. The molecule has 3 heterocycles. The first-order valence-corrected chi connectivity index (χ1v) is 10.9. The molecule has 1 aromatic heterocycles. The van der Waals surface area contributed by atoms with E-state index in [1.807, 2.05) is 66.9 Å². The minimum atomic E-state index is -0.258. The topological polar surface area (TPSA) is 65.9 Å². The zero-order valence-electron chi connectivity index (χ0n) is 16.2. The molecule has 2 amide bonds. The van der Waals surface area contributed by atoms with Crippen LogP contribution in [0.2, 0.25) is 0 Å². The van der Waals surface area contributed by atoms with Gasteiger partial charge in [-0.3, -0.25) is 14.5 Å². The van der Waals surface area contributed by atoms with Crippen molar-refractivity contribution in [2.45, 2.75) is 6.92 Å². The highest BCUT2D eigenvalue weighted by atomic mass is 32.2. The van der Waals surface area contributed by atoms with Gasteiger partial charge in [-0.2, -0.15) is 4.99 Å². The summed E-state index contributed by atoms with van der Waals surface area (Å²) < 4.78 is 0. The van der Waals surface area contributed by atoms with Crippen LogP contribution in [0.4, 0.5) is 16.5 Å². The van der Waals surface area contributed by atoms with Crippen LogP contribution in [-0.2, 0) is 9.59 Å². The highest BCUT2D eigenvalue weighted by Crippen LogP contribution is 2.45. The van der Waals surface area contributed by atoms with Gasteiger partial charge in [-0.1, -0.05) is 36.4 Å². The number of aromatic nitrogens is 1. The van der Waals surface area contributed by atoms with Gasteiger partial charge in [0.1, 0.15) is 0 Å². The maximum atomic E-state index is 13.5. The van der Waals surface area contributed by atoms with Crippen LogP contribution in [0, 0.1) is 6.92 Å². The molecular formula is C22H16N4O2S2. The quantitative estimate of drug-likeness (QED) is 0.555. The number of amides is 2. The zero-order chi connectivity index (χ0) is 20.8. The predicted octanol–water partition coefficient (Wildman–Crippen LogP) is 4.61. The number of thiazole rings is 1. The van der Waals surface area contributed by atoms with Crippen molar-refractivity contribution in [3.05, 3.63) is 76.1 Å². The Morgan fingerprint density at radius 2 is 1.70 bits per heavy atom. The van der Waals surface area contributed by atoms with Crippen LogP contribution in [0.5, 0.6) is 0 Å². The number of hydrogen-bond donors (Lipinski definition) is 0. The SMILES string of the molecule is Cc1csc(/N=C2/S/C(=C3\C(=O)N(C)c4ccccc43)C(=O)N2c2ccccc2)n1. The number of aliphatic imine (C=N–C) groups is 1. The van der Waals surface area contributed by atoms with Crippen molar-refractivity contribution in [1.29, 1.82) is 0 Å². The van der Waals surface area contributed by atoms with Gasteiger partial charge in [0.2, 0.25) is 5.13 Å². The molecule has 8 heteroatoms. The van der Waals surface area contributed by atoms with E-state index in [0.29, 0.717) is 26.5 Å². The summed E-state index contributed by atoms with van der Waals surface area (Å²) in [6.07, 6.45) is 0. The maximum Gasteiger partial charge on any atom is 0.272 e. The van der Waals surface area contributed by atoms with E-state index in [2.05, 4.69) is 9.98 Å². The van der Waals surface area contributed by atoms with E-state index < -0.39 is 0 Å². The van der Waals surface area contributed by atoms with Gasteiger partial charge in [-0.05, 0) is 36.9 Å². The summed E-state index contributed by atoms with van der Waals surface area (Å²) in [5.41, 5.74) is 3.56. The summed E-state index contributed by atoms with van der Waals surface area (Å²) in [6.45, 7) is 1.90. The van der Waals surface area contributed by atoms with Crippen LogP contribution in [0.15, 0.2) is 69.9 Å². The molecule has 0 N–H and O–H groups in total. The number of amidine groups is 1. The molecule has 0 spiro atoms. The molecule has 148 valence electrons. The monoisotopic (exact) mass is 432 g/mol. The van der Waals surface area contributed by atoms with Crippen molar-refractivity contribution >= 4 is 62.2 Å². The summed E-state index contributed by atoms with van der Waals surface area (Å²) >= 11 is 2.63. The second-order valence-corrected chi connectivity index (χ2v) is 8.64. The first kappa shape index (κ1) is 18.8. The van der Waals surface area contributed by atoms with Crippen LogP contribution in [0.1, 0.15) is 11.3 Å². The van der Waals surface area contributed by atoms with Crippen molar-refractivity contribution < 1.29 is 9.59 Å². The fourth-order valence-electron chi connectivity index (χ4n) is 3.47. The standard InChI is InChI=1S/C22H16N4O2S2/c1-13-12-29-21(23-13)24-22-26(14-8-4-3-5-9-14)20(28)18(30-22)17-15-10-6-7-11-16(15)25(2)19(17)27/h3-12H,1-2H3/b18-17-,24-22+. The van der Waals surface area contributed by atoms with E-state index in [0.717, 1.165) is 16.9 Å².